The van der Waals surface area contributed by atoms with Crippen LogP contribution in [-0.4, -0.2) is 57.4 Å². The minimum absolute atomic E-state index is 0.0583. The lowest BCUT2D eigenvalue weighted by molar-refractivity contribution is 0.114. The molecule has 1 amide bonds. The number of hydrogen-bond acceptors (Lipinski definition) is 5. The first-order chi connectivity index (χ1) is 14.8. The van der Waals surface area contributed by atoms with E-state index in [4.69, 9.17) is 0 Å². The number of rotatable bonds is 3. The van der Waals surface area contributed by atoms with Gasteiger partial charge in [0.1, 0.15) is 5.82 Å². The van der Waals surface area contributed by atoms with Crippen molar-refractivity contribution in [1.29, 1.82) is 0 Å². The summed E-state index contributed by atoms with van der Waals surface area (Å²) in [6.07, 6.45) is -0.124. The molecule has 0 aliphatic carbocycles. The van der Waals surface area contributed by atoms with Gasteiger partial charge in [0.15, 0.2) is 0 Å². The lowest BCUT2D eigenvalue weighted by Crippen LogP contribution is -2.58. The third-order valence-corrected chi connectivity index (χ3v) is 6.43. The number of piperazine rings is 1. The highest BCUT2D eigenvalue weighted by molar-refractivity contribution is 5.66. The topological polar surface area (TPSA) is 90.7 Å². The van der Waals surface area contributed by atoms with Gasteiger partial charge in [0, 0.05) is 43.0 Å². The molecule has 2 N–H and O–H groups in total. The summed E-state index contributed by atoms with van der Waals surface area (Å²) >= 11 is 0. The smallest absolute Gasteiger partial charge is 0.407 e. The van der Waals surface area contributed by atoms with E-state index in [1.54, 1.807) is 4.57 Å². The number of fused-ring (bicyclic) bond motifs is 1. The average Bonchev–Trinajstić information content (AvgIpc) is 2.74. The molecule has 0 radical (unpaired) electrons. The molecule has 2 aliphatic heterocycles. The summed E-state index contributed by atoms with van der Waals surface area (Å²) in [5.74, 6) is 0.990. The molecule has 0 saturated carbocycles. The van der Waals surface area contributed by atoms with Crippen molar-refractivity contribution < 1.29 is 9.90 Å². The third kappa shape index (κ3) is 3.80. The third-order valence-electron chi connectivity index (χ3n) is 6.43. The SMILES string of the molecule is CC(C)c1ccccc1-n1c2c(c(N3C[C@@H](C)N(C(=O)O)C[C@@H]3C)nc1=O)CCNC2. The normalized spacial score (nSPS) is 21.3. The van der Waals surface area contributed by atoms with Gasteiger partial charge in [-0.05, 0) is 44.4 Å². The van der Waals surface area contributed by atoms with Gasteiger partial charge in [0.25, 0.3) is 0 Å². The molecule has 8 nitrogen and oxygen atoms in total. The molecule has 1 aromatic carbocycles. The summed E-state index contributed by atoms with van der Waals surface area (Å²) < 4.78 is 1.77. The molecule has 3 heterocycles. The highest BCUT2D eigenvalue weighted by Gasteiger charge is 2.35. The van der Waals surface area contributed by atoms with Crippen molar-refractivity contribution >= 4 is 11.9 Å². The van der Waals surface area contributed by atoms with Crippen LogP contribution in [0, 0.1) is 0 Å². The highest BCUT2D eigenvalue weighted by atomic mass is 16.4. The van der Waals surface area contributed by atoms with Gasteiger partial charge >= 0.3 is 11.8 Å². The van der Waals surface area contributed by atoms with Crippen molar-refractivity contribution in [2.45, 2.75) is 58.7 Å². The van der Waals surface area contributed by atoms with Crippen LogP contribution in [-0.2, 0) is 13.0 Å². The minimum atomic E-state index is -0.904. The van der Waals surface area contributed by atoms with Crippen LogP contribution in [0.5, 0.6) is 0 Å². The quantitative estimate of drug-likeness (QED) is 0.786. The molecular formula is C23H31N5O3. The van der Waals surface area contributed by atoms with E-state index >= 15 is 0 Å². The summed E-state index contributed by atoms with van der Waals surface area (Å²) in [6, 6.07) is 7.79. The summed E-state index contributed by atoms with van der Waals surface area (Å²) in [7, 11) is 0. The Morgan fingerprint density at radius 2 is 1.94 bits per heavy atom. The Morgan fingerprint density at radius 3 is 2.65 bits per heavy atom. The summed E-state index contributed by atoms with van der Waals surface area (Å²) in [4.78, 5) is 33.1. The Morgan fingerprint density at radius 1 is 1.19 bits per heavy atom. The zero-order valence-corrected chi connectivity index (χ0v) is 18.6. The lowest BCUT2D eigenvalue weighted by atomic mass is 9.99. The number of carbonyl (C=O) groups is 1. The van der Waals surface area contributed by atoms with E-state index in [9.17, 15) is 14.7 Å². The van der Waals surface area contributed by atoms with Crippen LogP contribution in [0.1, 0.15) is 50.4 Å². The molecule has 1 aromatic heterocycles. The number of para-hydroxylation sites is 1. The Kier molecular flexibility index (Phi) is 5.75. The van der Waals surface area contributed by atoms with Crippen LogP contribution < -0.4 is 15.9 Å². The van der Waals surface area contributed by atoms with Crippen molar-refractivity contribution in [3.8, 4) is 5.69 Å². The fourth-order valence-electron chi connectivity index (χ4n) is 4.80. The maximum atomic E-state index is 13.4. The van der Waals surface area contributed by atoms with Crippen molar-refractivity contribution in [2.75, 3.05) is 24.5 Å². The second-order valence-electron chi connectivity index (χ2n) is 8.90. The predicted molar refractivity (Wildman–Crippen MR) is 120 cm³/mol. The van der Waals surface area contributed by atoms with Crippen LogP contribution >= 0.6 is 0 Å². The van der Waals surface area contributed by atoms with E-state index < -0.39 is 6.09 Å². The van der Waals surface area contributed by atoms with Crippen LogP contribution in [0.3, 0.4) is 0 Å². The molecule has 166 valence electrons. The van der Waals surface area contributed by atoms with Gasteiger partial charge in [0.05, 0.1) is 5.69 Å². The highest BCUT2D eigenvalue weighted by Crippen LogP contribution is 2.30. The first-order valence-corrected chi connectivity index (χ1v) is 11.0. The minimum Gasteiger partial charge on any atom is -0.465 e. The van der Waals surface area contributed by atoms with Crippen molar-refractivity contribution in [2.24, 2.45) is 0 Å². The number of carboxylic acid groups (broad SMARTS) is 1. The summed E-state index contributed by atoms with van der Waals surface area (Å²) in [5, 5.41) is 12.9. The Hall–Kier alpha value is -2.87. The molecule has 8 heteroatoms. The maximum Gasteiger partial charge on any atom is 0.407 e. The summed E-state index contributed by atoms with van der Waals surface area (Å²) in [5.41, 5.74) is 3.75. The van der Waals surface area contributed by atoms with Crippen LogP contribution in [0.15, 0.2) is 29.1 Å². The van der Waals surface area contributed by atoms with Crippen molar-refractivity contribution in [3.05, 3.63) is 51.6 Å². The molecule has 2 atom stereocenters. The van der Waals surface area contributed by atoms with Crippen molar-refractivity contribution in [3.63, 3.8) is 0 Å². The van der Waals surface area contributed by atoms with E-state index in [-0.39, 0.29) is 23.7 Å². The number of nitrogens with zero attached hydrogens (tertiary/aromatic N) is 4. The first-order valence-electron chi connectivity index (χ1n) is 11.0. The molecule has 0 unspecified atom stereocenters. The fraction of sp³-hybridized carbons (Fsp3) is 0.522. The van der Waals surface area contributed by atoms with Gasteiger partial charge in [-0.15, -0.1) is 0 Å². The predicted octanol–water partition coefficient (Wildman–Crippen LogP) is 2.58. The number of amides is 1. The Bertz CT molecular complexity index is 1050. The Balaban J connectivity index is 1.84. The number of hydrogen-bond donors (Lipinski definition) is 2. The number of aromatic nitrogens is 2. The molecule has 0 bridgehead atoms. The van der Waals surface area contributed by atoms with E-state index in [0.29, 0.717) is 25.5 Å². The molecule has 2 aromatic rings. The number of anilines is 1. The van der Waals surface area contributed by atoms with Gasteiger partial charge in [-0.25, -0.2) is 9.59 Å². The Labute approximate surface area is 182 Å². The largest absolute Gasteiger partial charge is 0.465 e. The molecule has 1 fully saturated rings. The molecule has 0 spiro atoms. The van der Waals surface area contributed by atoms with E-state index in [1.807, 2.05) is 32.0 Å². The lowest BCUT2D eigenvalue weighted by Gasteiger charge is -2.44. The second kappa shape index (κ2) is 8.34. The van der Waals surface area contributed by atoms with Gasteiger partial charge in [-0.1, -0.05) is 32.0 Å². The monoisotopic (exact) mass is 425 g/mol. The molecule has 4 rings (SSSR count). The van der Waals surface area contributed by atoms with E-state index in [2.05, 4.69) is 35.1 Å². The average molecular weight is 426 g/mol. The maximum absolute atomic E-state index is 13.4. The van der Waals surface area contributed by atoms with E-state index in [1.165, 1.54) is 4.90 Å². The number of nitrogens with one attached hydrogen (secondary N) is 1. The van der Waals surface area contributed by atoms with Crippen LogP contribution in [0.25, 0.3) is 5.69 Å². The van der Waals surface area contributed by atoms with Gasteiger partial charge < -0.3 is 20.2 Å². The van der Waals surface area contributed by atoms with Crippen LogP contribution in [0.4, 0.5) is 10.6 Å². The van der Waals surface area contributed by atoms with Crippen molar-refractivity contribution in [1.82, 2.24) is 19.8 Å². The van der Waals surface area contributed by atoms with Gasteiger partial charge in [-0.3, -0.25) is 4.57 Å². The molecule has 31 heavy (non-hydrogen) atoms. The molecule has 2 aliphatic rings. The van der Waals surface area contributed by atoms with Gasteiger partial charge in [0.2, 0.25) is 0 Å². The molecule has 1 saturated heterocycles. The first kappa shape index (κ1) is 21.4. The zero-order chi connectivity index (χ0) is 22.3. The molecular weight excluding hydrogens is 394 g/mol. The second-order valence-corrected chi connectivity index (χ2v) is 8.90. The standard InChI is InChI=1S/C23H31N5O3/c1-14(2)17-7-5-6-8-19(17)28-20-11-24-10-9-18(20)21(25-22(28)29)26-12-16(4)27(23(30)31)13-15(26)3/h5-8,14-16,24H,9-13H2,1-4H3,(H,30,31)/t15-,16+/m0/s1. The zero-order valence-electron chi connectivity index (χ0n) is 18.6. The van der Waals surface area contributed by atoms with Gasteiger partial charge in [-0.2, -0.15) is 4.98 Å². The van der Waals surface area contributed by atoms with E-state index in [0.717, 1.165) is 35.5 Å². The number of benzene rings is 1. The van der Waals surface area contributed by atoms with Crippen LogP contribution in [0.2, 0.25) is 0 Å². The fourth-order valence-corrected chi connectivity index (χ4v) is 4.80. The summed E-state index contributed by atoms with van der Waals surface area (Å²) in [6.45, 7) is 10.5.